The molecule has 0 aliphatic heterocycles. The molecule has 0 bridgehead atoms. The van der Waals surface area contributed by atoms with E-state index in [1.807, 2.05) is 19.1 Å². The zero-order valence-electron chi connectivity index (χ0n) is 11.2. The molecule has 2 rings (SSSR count). The van der Waals surface area contributed by atoms with Crippen LogP contribution in [-0.4, -0.2) is 16.6 Å². The Labute approximate surface area is 119 Å². The van der Waals surface area contributed by atoms with Gasteiger partial charge >= 0.3 is 0 Å². The van der Waals surface area contributed by atoms with E-state index < -0.39 is 5.60 Å². The van der Waals surface area contributed by atoms with E-state index in [9.17, 15) is 9.90 Å². The number of anilines is 1. The largest absolute Gasteiger partial charge is 0.389 e. The summed E-state index contributed by atoms with van der Waals surface area (Å²) < 4.78 is 0. The summed E-state index contributed by atoms with van der Waals surface area (Å²) in [5.41, 5.74) is 0.820. The molecule has 1 saturated carbocycles. The first-order valence-electron chi connectivity index (χ1n) is 6.77. The average molecular weight is 282 g/mol. The number of aryl methyl sites for hydroxylation is 1. The van der Waals surface area contributed by atoms with Crippen molar-refractivity contribution in [3.63, 3.8) is 0 Å². The van der Waals surface area contributed by atoms with Crippen LogP contribution in [0.25, 0.3) is 0 Å². The predicted octanol–water partition coefficient (Wildman–Crippen LogP) is 3.67. The van der Waals surface area contributed by atoms with Gasteiger partial charge in [-0.25, -0.2) is 0 Å². The number of hydrogen-bond donors (Lipinski definition) is 2. The summed E-state index contributed by atoms with van der Waals surface area (Å²) in [7, 11) is 0. The van der Waals surface area contributed by atoms with Gasteiger partial charge in [0, 0.05) is 0 Å². The first-order valence-corrected chi connectivity index (χ1v) is 7.15. The molecule has 0 aromatic heterocycles. The van der Waals surface area contributed by atoms with Gasteiger partial charge in [-0.15, -0.1) is 0 Å². The van der Waals surface area contributed by atoms with Crippen molar-refractivity contribution in [3.8, 4) is 0 Å². The Morgan fingerprint density at radius 3 is 2.74 bits per heavy atom. The number of benzene rings is 1. The molecule has 1 fully saturated rings. The number of carbonyl (C=O) groups excluding carboxylic acids is 1. The van der Waals surface area contributed by atoms with Crippen molar-refractivity contribution in [2.24, 2.45) is 0 Å². The van der Waals surface area contributed by atoms with Crippen LogP contribution in [0.1, 0.15) is 44.1 Å². The lowest BCUT2D eigenvalue weighted by Crippen LogP contribution is -2.35. The van der Waals surface area contributed by atoms with E-state index >= 15 is 0 Å². The maximum Gasteiger partial charge on any atom is 0.227 e. The highest BCUT2D eigenvalue weighted by molar-refractivity contribution is 6.33. The lowest BCUT2D eigenvalue weighted by Gasteiger charge is -2.31. The Kier molecular flexibility index (Phi) is 4.48. The van der Waals surface area contributed by atoms with Crippen molar-refractivity contribution in [2.45, 2.75) is 51.0 Å². The van der Waals surface area contributed by atoms with Crippen LogP contribution in [0, 0.1) is 6.92 Å². The minimum absolute atomic E-state index is 0.150. The van der Waals surface area contributed by atoms with Crippen molar-refractivity contribution in [1.82, 2.24) is 0 Å². The highest BCUT2D eigenvalue weighted by atomic mass is 35.5. The lowest BCUT2D eigenvalue weighted by molar-refractivity contribution is -0.122. The summed E-state index contributed by atoms with van der Waals surface area (Å²) in [6, 6.07) is 5.50. The molecule has 1 aromatic rings. The molecule has 1 aliphatic carbocycles. The Morgan fingerprint density at radius 2 is 2.05 bits per heavy atom. The maximum absolute atomic E-state index is 12.0. The van der Waals surface area contributed by atoms with Crippen molar-refractivity contribution in [3.05, 3.63) is 28.8 Å². The quantitative estimate of drug-likeness (QED) is 0.888. The minimum atomic E-state index is -0.835. The van der Waals surface area contributed by atoms with Crippen LogP contribution in [0.4, 0.5) is 5.69 Å². The third kappa shape index (κ3) is 3.95. The Bertz CT molecular complexity index is 467. The summed E-state index contributed by atoms with van der Waals surface area (Å²) in [5.74, 6) is -0.170. The topological polar surface area (TPSA) is 49.3 Å². The lowest BCUT2D eigenvalue weighted by atomic mass is 9.82. The summed E-state index contributed by atoms with van der Waals surface area (Å²) in [5, 5.41) is 13.7. The Morgan fingerprint density at radius 1 is 1.37 bits per heavy atom. The SMILES string of the molecule is Cc1ccc(Cl)c(NC(=O)CC2(O)CCCCC2)c1. The molecule has 1 aromatic carbocycles. The van der Waals surface area contributed by atoms with E-state index in [4.69, 9.17) is 11.6 Å². The molecule has 3 nitrogen and oxygen atoms in total. The van der Waals surface area contributed by atoms with Crippen LogP contribution in [0.5, 0.6) is 0 Å². The number of halogens is 1. The summed E-state index contributed by atoms with van der Waals surface area (Å²) in [4.78, 5) is 12.0. The number of rotatable bonds is 3. The molecule has 0 radical (unpaired) electrons. The van der Waals surface area contributed by atoms with Gasteiger partial charge in [-0.1, -0.05) is 36.9 Å². The molecule has 0 unspecified atom stereocenters. The van der Waals surface area contributed by atoms with E-state index in [-0.39, 0.29) is 12.3 Å². The standard InChI is InChI=1S/C15H20ClNO2/c1-11-5-6-12(16)13(9-11)17-14(18)10-15(19)7-3-2-4-8-15/h5-6,9,19H,2-4,7-8,10H2,1H3,(H,17,18). The molecular weight excluding hydrogens is 262 g/mol. The number of carbonyl (C=O) groups is 1. The van der Waals surface area contributed by atoms with Crippen LogP contribution in [-0.2, 0) is 4.79 Å². The Balaban J connectivity index is 1.99. The number of hydrogen-bond acceptors (Lipinski definition) is 2. The molecule has 0 spiro atoms. The summed E-state index contributed by atoms with van der Waals surface area (Å²) in [6.07, 6.45) is 4.71. The number of nitrogens with one attached hydrogen (secondary N) is 1. The van der Waals surface area contributed by atoms with Gasteiger partial charge in [0.25, 0.3) is 0 Å². The van der Waals surface area contributed by atoms with E-state index in [0.29, 0.717) is 23.6 Å². The second kappa shape index (κ2) is 5.93. The van der Waals surface area contributed by atoms with Crippen LogP contribution in [0.3, 0.4) is 0 Å². The highest BCUT2D eigenvalue weighted by Crippen LogP contribution is 2.31. The molecule has 0 atom stereocenters. The van der Waals surface area contributed by atoms with Gasteiger partial charge in [-0.2, -0.15) is 0 Å². The number of amides is 1. The first-order chi connectivity index (χ1) is 8.98. The second-order valence-electron chi connectivity index (χ2n) is 5.49. The second-order valence-corrected chi connectivity index (χ2v) is 5.90. The smallest absolute Gasteiger partial charge is 0.227 e. The normalized spacial score (nSPS) is 18.1. The minimum Gasteiger partial charge on any atom is -0.389 e. The van der Waals surface area contributed by atoms with E-state index in [0.717, 1.165) is 24.8 Å². The zero-order chi connectivity index (χ0) is 13.9. The molecule has 104 valence electrons. The molecule has 1 amide bonds. The van der Waals surface area contributed by atoms with E-state index in [1.165, 1.54) is 0 Å². The van der Waals surface area contributed by atoms with Gasteiger partial charge in [0.1, 0.15) is 0 Å². The summed E-state index contributed by atoms with van der Waals surface area (Å²) in [6.45, 7) is 1.95. The maximum atomic E-state index is 12.0. The molecule has 0 heterocycles. The molecule has 4 heteroatoms. The average Bonchev–Trinajstić information content (AvgIpc) is 2.34. The Hall–Kier alpha value is -1.06. The van der Waals surface area contributed by atoms with Crippen molar-refractivity contribution < 1.29 is 9.90 Å². The van der Waals surface area contributed by atoms with Crippen molar-refractivity contribution in [1.29, 1.82) is 0 Å². The zero-order valence-corrected chi connectivity index (χ0v) is 12.0. The third-order valence-electron chi connectivity index (χ3n) is 3.67. The van der Waals surface area contributed by atoms with E-state index in [1.54, 1.807) is 6.07 Å². The van der Waals surface area contributed by atoms with Gasteiger partial charge in [-0.05, 0) is 37.5 Å². The van der Waals surface area contributed by atoms with Crippen LogP contribution >= 0.6 is 11.6 Å². The molecular formula is C15H20ClNO2. The molecule has 2 N–H and O–H groups in total. The predicted molar refractivity (Wildman–Crippen MR) is 77.5 cm³/mol. The fourth-order valence-corrected chi connectivity index (χ4v) is 2.78. The van der Waals surface area contributed by atoms with Gasteiger partial charge < -0.3 is 10.4 Å². The van der Waals surface area contributed by atoms with E-state index in [2.05, 4.69) is 5.32 Å². The molecule has 0 saturated heterocycles. The summed E-state index contributed by atoms with van der Waals surface area (Å²) >= 11 is 6.04. The van der Waals surface area contributed by atoms with Crippen molar-refractivity contribution >= 4 is 23.2 Å². The van der Waals surface area contributed by atoms with Crippen LogP contribution < -0.4 is 5.32 Å². The first kappa shape index (κ1) is 14.4. The van der Waals surface area contributed by atoms with Crippen LogP contribution in [0.15, 0.2) is 18.2 Å². The molecule has 1 aliphatic rings. The monoisotopic (exact) mass is 281 g/mol. The van der Waals surface area contributed by atoms with Gasteiger partial charge in [0.15, 0.2) is 0 Å². The van der Waals surface area contributed by atoms with Gasteiger partial charge in [0.2, 0.25) is 5.91 Å². The van der Waals surface area contributed by atoms with Gasteiger partial charge in [-0.3, -0.25) is 4.79 Å². The van der Waals surface area contributed by atoms with Crippen molar-refractivity contribution in [2.75, 3.05) is 5.32 Å². The van der Waals surface area contributed by atoms with Gasteiger partial charge in [0.05, 0.1) is 22.7 Å². The third-order valence-corrected chi connectivity index (χ3v) is 4.00. The fraction of sp³-hybridized carbons (Fsp3) is 0.533. The highest BCUT2D eigenvalue weighted by Gasteiger charge is 2.31. The fourth-order valence-electron chi connectivity index (χ4n) is 2.61. The van der Waals surface area contributed by atoms with Crippen LogP contribution in [0.2, 0.25) is 5.02 Å². The number of aliphatic hydroxyl groups is 1. The molecule has 19 heavy (non-hydrogen) atoms.